The maximum atomic E-state index is 12.3. The lowest BCUT2D eigenvalue weighted by Crippen LogP contribution is -2.25. The van der Waals surface area contributed by atoms with Crippen LogP contribution in [0.1, 0.15) is 30.3 Å². The van der Waals surface area contributed by atoms with Gasteiger partial charge in [0.15, 0.2) is 4.77 Å². The van der Waals surface area contributed by atoms with Crippen molar-refractivity contribution < 1.29 is 8.42 Å². The number of rotatable bonds is 5. The minimum atomic E-state index is -3.41. The van der Waals surface area contributed by atoms with Crippen LogP contribution in [-0.2, 0) is 23.1 Å². The smallest absolute Gasteiger partial charge is 0.242 e. The molecule has 1 aromatic heterocycles. The summed E-state index contributed by atoms with van der Waals surface area (Å²) >= 11 is 5.61. The Hall–Kier alpha value is -1.71. The topological polar surface area (TPSA) is 63.4 Å². The highest BCUT2D eigenvalue weighted by Crippen LogP contribution is 2.36. The number of fused-ring (bicyclic) bond motifs is 1. The van der Waals surface area contributed by atoms with E-state index in [1.165, 1.54) is 17.1 Å². The van der Waals surface area contributed by atoms with E-state index in [0.717, 1.165) is 34.8 Å². The van der Waals surface area contributed by atoms with Crippen molar-refractivity contribution in [2.24, 2.45) is 0 Å². The zero-order chi connectivity index (χ0) is 18.6. The van der Waals surface area contributed by atoms with Crippen molar-refractivity contribution in [3.8, 4) is 0 Å². The van der Waals surface area contributed by atoms with Crippen LogP contribution in [0, 0.1) is 11.7 Å². The molecule has 0 unspecified atom stereocenters. The molecule has 0 N–H and O–H groups in total. The van der Waals surface area contributed by atoms with Gasteiger partial charge in [-0.25, -0.2) is 17.4 Å². The van der Waals surface area contributed by atoms with Crippen molar-refractivity contribution in [3.05, 3.63) is 34.4 Å². The van der Waals surface area contributed by atoms with Crippen molar-refractivity contribution >= 4 is 27.9 Å². The number of hydrogen-bond acceptors (Lipinski definition) is 5. The second-order valence-electron chi connectivity index (χ2n) is 7.16. The van der Waals surface area contributed by atoms with Crippen LogP contribution in [0.5, 0.6) is 0 Å². The summed E-state index contributed by atoms with van der Waals surface area (Å²) in [5.41, 5.74) is 2.11. The van der Waals surface area contributed by atoms with E-state index in [4.69, 9.17) is 12.2 Å². The number of sulfonamides is 1. The minimum absolute atomic E-state index is 0.341. The molecule has 0 amide bonds. The van der Waals surface area contributed by atoms with E-state index >= 15 is 0 Å². The molecule has 2 aliphatic rings. The van der Waals surface area contributed by atoms with Gasteiger partial charge in [-0.2, -0.15) is 5.10 Å². The van der Waals surface area contributed by atoms with E-state index in [9.17, 15) is 8.42 Å². The Labute approximate surface area is 158 Å². The summed E-state index contributed by atoms with van der Waals surface area (Å²) in [5.74, 6) is 0.962. The van der Waals surface area contributed by atoms with Gasteiger partial charge in [0.25, 0.3) is 0 Å². The highest BCUT2D eigenvalue weighted by atomic mass is 32.2. The molecule has 7 nitrogen and oxygen atoms in total. The molecule has 1 aromatic carbocycles. The largest absolute Gasteiger partial charge is 0.351 e. The third-order valence-corrected chi connectivity index (χ3v) is 7.30. The van der Waals surface area contributed by atoms with Crippen molar-refractivity contribution in [1.29, 1.82) is 0 Å². The fourth-order valence-corrected chi connectivity index (χ4v) is 4.83. The Bertz CT molecular complexity index is 1020. The van der Waals surface area contributed by atoms with Gasteiger partial charge in [-0.3, -0.25) is 0 Å². The molecule has 0 saturated heterocycles. The molecule has 0 radical (unpaired) electrons. The SMILES string of the molecule is Cc1nn(CN2CCc3cc(S(=O)(=O)N(C)C)ccc32)c(=S)n1C1CC1. The lowest BCUT2D eigenvalue weighted by Gasteiger charge is -2.19. The fourth-order valence-electron chi connectivity index (χ4n) is 3.50. The summed E-state index contributed by atoms with van der Waals surface area (Å²) in [6.45, 7) is 3.42. The molecule has 0 bridgehead atoms. The predicted molar refractivity (Wildman–Crippen MR) is 102 cm³/mol. The van der Waals surface area contributed by atoms with Crippen LogP contribution in [0.15, 0.2) is 23.1 Å². The Morgan fingerprint density at radius 2 is 2.04 bits per heavy atom. The molecule has 9 heteroatoms. The molecule has 2 heterocycles. The third kappa shape index (κ3) is 2.87. The van der Waals surface area contributed by atoms with E-state index in [1.807, 2.05) is 17.7 Å². The zero-order valence-corrected chi connectivity index (χ0v) is 16.8. The van der Waals surface area contributed by atoms with Crippen molar-refractivity contribution in [3.63, 3.8) is 0 Å². The van der Waals surface area contributed by atoms with Gasteiger partial charge in [0, 0.05) is 32.4 Å². The average Bonchev–Trinajstić information content (AvgIpc) is 3.28. The molecule has 1 fully saturated rings. The van der Waals surface area contributed by atoms with E-state index in [1.54, 1.807) is 26.2 Å². The molecular weight excluding hydrogens is 370 g/mol. The van der Waals surface area contributed by atoms with Gasteiger partial charge in [-0.05, 0) is 62.2 Å². The van der Waals surface area contributed by atoms with Crippen LogP contribution < -0.4 is 4.90 Å². The predicted octanol–water partition coefficient (Wildman–Crippen LogP) is 2.33. The summed E-state index contributed by atoms with van der Waals surface area (Å²) < 4.78 is 30.7. The molecule has 140 valence electrons. The van der Waals surface area contributed by atoms with E-state index in [0.29, 0.717) is 17.6 Å². The monoisotopic (exact) mass is 393 g/mol. The van der Waals surface area contributed by atoms with Gasteiger partial charge in [-0.1, -0.05) is 0 Å². The van der Waals surface area contributed by atoms with E-state index < -0.39 is 10.0 Å². The van der Waals surface area contributed by atoms with Crippen LogP contribution in [0.3, 0.4) is 0 Å². The summed E-state index contributed by atoms with van der Waals surface area (Å²) in [7, 11) is -0.308. The lowest BCUT2D eigenvalue weighted by atomic mass is 10.2. The first-order valence-electron chi connectivity index (χ1n) is 8.75. The normalized spacial score (nSPS) is 17.2. The Morgan fingerprint density at radius 1 is 1.31 bits per heavy atom. The van der Waals surface area contributed by atoms with Crippen LogP contribution in [0.2, 0.25) is 0 Å². The summed E-state index contributed by atoms with van der Waals surface area (Å²) in [4.78, 5) is 2.55. The number of aryl methyl sites for hydroxylation is 1. The van der Waals surface area contributed by atoms with Crippen molar-refractivity contribution in [2.45, 2.75) is 43.8 Å². The van der Waals surface area contributed by atoms with Gasteiger partial charge in [-0.15, -0.1) is 0 Å². The molecule has 1 saturated carbocycles. The molecule has 26 heavy (non-hydrogen) atoms. The maximum absolute atomic E-state index is 12.3. The molecule has 1 aliphatic heterocycles. The summed E-state index contributed by atoms with van der Waals surface area (Å²) in [5, 5.41) is 4.62. The third-order valence-electron chi connectivity index (χ3n) is 5.08. The van der Waals surface area contributed by atoms with Crippen molar-refractivity contribution in [2.75, 3.05) is 25.5 Å². The quantitative estimate of drug-likeness (QED) is 0.730. The Balaban J connectivity index is 1.61. The first kappa shape index (κ1) is 17.7. The Morgan fingerprint density at radius 3 is 2.69 bits per heavy atom. The van der Waals surface area contributed by atoms with Gasteiger partial charge in [0.05, 0.1) is 4.90 Å². The number of anilines is 1. The summed E-state index contributed by atoms with van der Waals surface area (Å²) in [6.07, 6.45) is 3.18. The summed E-state index contributed by atoms with van der Waals surface area (Å²) in [6, 6.07) is 5.88. The van der Waals surface area contributed by atoms with Gasteiger partial charge >= 0.3 is 0 Å². The number of aromatic nitrogens is 3. The van der Waals surface area contributed by atoms with Gasteiger partial charge < -0.3 is 9.47 Å². The standard InChI is InChI=1S/C17H23N5O2S2/c1-12-18-21(17(25)22(12)14-4-5-14)11-20-9-8-13-10-15(6-7-16(13)20)26(23,24)19(2)3/h6-7,10,14H,4-5,8-9,11H2,1-3H3. The maximum Gasteiger partial charge on any atom is 0.242 e. The van der Waals surface area contributed by atoms with E-state index in [-0.39, 0.29) is 0 Å². The molecule has 1 aliphatic carbocycles. The molecule has 2 aromatic rings. The second kappa shape index (κ2) is 6.17. The molecule has 0 spiro atoms. The molecule has 0 atom stereocenters. The zero-order valence-electron chi connectivity index (χ0n) is 15.2. The highest BCUT2D eigenvalue weighted by molar-refractivity contribution is 7.89. The molecular formula is C17H23N5O2S2. The van der Waals surface area contributed by atoms with Crippen molar-refractivity contribution in [1.82, 2.24) is 18.7 Å². The first-order valence-corrected chi connectivity index (χ1v) is 10.6. The molecule has 4 rings (SSSR count). The van der Waals surface area contributed by atoms with Crippen LogP contribution in [0.25, 0.3) is 0 Å². The first-order chi connectivity index (χ1) is 12.3. The number of benzene rings is 1. The van der Waals surface area contributed by atoms with Crippen LogP contribution in [0.4, 0.5) is 5.69 Å². The Kier molecular flexibility index (Phi) is 4.20. The number of hydrogen-bond donors (Lipinski definition) is 0. The van der Waals surface area contributed by atoms with E-state index in [2.05, 4.69) is 14.6 Å². The van der Waals surface area contributed by atoms with Crippen LogP contribution in [-0.4, -0.2) is 47.7 Å². The fraction of sp³-hybridized carbons (Fsp3) is 0.529. The second-order valence-corrected chi connectivity index (χ2v) is 9.68. The minimum Gasteiger partial charge on any atom is -0.351 e. The van der Waals surface area contributed by atoms with Crippen LogP contribution >= 0.6 is 12.2 Å². The van der Waals surface area contributed by atoms with Gasteiger partial charge in [0.2, 0.25) is 10.0 Å². The van der Waals surface area contributed by atoms with Gasteiger partial charge in [0.1, 0.15) is 12.5 Å². The number of nitrogens with zero attached hydrogens (tertiary/aromatic N) is 5. The average molecular weight is 394 g/mol. The lowest BCUT2D eigenvalue weighted by molar-refractivity contribution is 0.520. The highest BCUT2D eigenvalue weighted by Gasteiger charge is 2.28.